The van der Waals surface area contributed by atoms with Crippen LogP contribution in [-0.2, 0) is 0 Å². The summed E-state index contributed by atoms with van der Waals surface area (Å²) in [6.07, 6.45) is 15.1. The lowest BCUT2D eigenvalue weighted by Crippen LogP contribution is -2.05. The van der Waals surface area contributed by atoms with Crippen LogP contribution in [0.1, 0.15) is 70.6 Å². The Morgan fingerprint density at radius 2 is 1.62 bits per heavy atom. The molecule has 0 unspecified atom stereocenters. The van der Waals surface area contributed by atoms with E-state index in [1.165, 1.54) is 57.8 Å². The molecular formula is C15H26S. The van der Waals surface area contributed by atoms with Crippen LogP contribution in [0.25, 0.3) is 0 Å². The van der Waals surface area contributed by atoms with Gasteiger partial charge in [-0.05, 0) is 12.3 Å². The van der Waals surface area contributed by atoms with Gasteiger partial charge in [-0.15, -0.1) is 11.8 Å². The summed E-state index contributed by atoms with van der Waals surface area (Å²) in [4.78, 5) is 0. The predicted octanol–water partition coefficient (Wildman–Crippen LogP) is 4.84. The summed E-state index contributed by atoms with van der Waals surface area (Å²) in [5, 5.41) is 0. The second kappa shape index (κ2) is 10.1. The molecule has 0 aliphatic heterocycles. The smallest absolute Gasteiger partial charge is 0.0177 e. The lowest BCUT2D eigenvalue weighted by molar-refractivity contribution is 0.329. The Balaban J connectivity index is 1.86. The van der Waals surface area contributed by atoms with Crippen LogP contribution in [0.4, 0.5) is 0 Å². The van der Waals surface area contributed by atoms with Crippen molar-refractivity contribution < 1.29 is 0 Å². The van der Waals surface area contributed by atoms with Crippen molar-refractivity contribution in [2.24, 2.45) is 5.92 Å². The minimum atomic E-state index is 0.898. The second-order valence-corrected chi connectivity index (χ2v) is 5.38. The van der Waals surface area contributed by atoms with Gasteiger partial charge in [0.05, 0.1) is 0 Å². The van der Waals surface area contributed by atoms with Gasteiger partial charge in [0.2, 0.25) is 0 Å². The molecule has 0 N–H and O–H groups in total. The van der Waals surface area contributed by atoms with Gasteiger partial charge < -0.3 is 0 Å². The topological polar surface area (TPSA) is 0 Å². The van der Waals surface area contributed by atoms with E-state index in [0.717, 1.165) is 24.5 Å². The number of unbranched alkanes of at least 4 members (excludes halogenated alkanes) is 3. The Kier molecular flexibility index (Phi) is 8.81. The van der Waals surface area contributed by atoms with Crippen LogP contribution in [0.5, 0.6) is 0 Å². The molecule has 1 aliphatic carbocycles. The SMILES string of the molecule is SCCC#CCCCCCC1CCCCC1. The monoisotopic (exact) mass is 238 g/mol. The molecule has 0 heterocycles. The van der Waals surface area contributed by atoms with Gasteiger partial charge in [-0.25, -0.2) is 0 Å². The van der Waals surface area contributed by atoms with Crippen LogP contribution in [0.3, 0.4) is 0 Å². The highest BCUT2D eigenvalue weighted by atomic mass is 32.1. The number of hydrogen-bond donors (Lipinski definition) is 1. The molecule has 1 rings (SSSR count). The maximum absolute atomic E-state index is 4.14. The molecule has 0 amide bonds. The van der Waals surface area contributed by atoms with Crippen LogP contribution < -0.4 is 0 Å². The van der Waals surface area contributed by atoms with Gasteiger partial charge in [-0.1, -0.05) is 51.4 Å². The minimum absolute atomic E-state index is 0.898. The molecule has 0 saturated heterocycles. The van der Waals surface area contributed by atoms with Crippen molar-refractivity contribution >= 4 is 12.6 Å². The lowest BCUT2D eigenvalue weighted by atomic mass is 9.85. The zero-order valence-corrected chi connectivity index (χ0v) is 11.4. The van der Waals surface area contributed by atoms with E-state index in [0.29, 0.717) is 0 Å². The molecule has 0 nitrogen and oxygen atoms in total. The van der Waals surface area contributed by atoms with E-state index in [1.54, 1.807) is 0 Å². The predicted molar refractivity (Wildman–Crippen MR) is 75.9 cm³/mol. The van der Waals surface area contributed by atoms with Gasteiger partial charge >= 0.3 is 0 Å². The van der Waals surface area contributed by atoms with Crippen LogP contribution in [-0.4, -0.2) is 5.75 Å². The van der Waals surface area contributed by atoms with Crippen LogP contribution in [0.2, 0.25) is 0 Å². The van der Waals surface area contributed by atoms with E-state index in [9.17, 15) is 0 Å². The Hall–Kier alpha value is -0.0900. The molecule has 0 spiro atoms. The van der Waals surface area contributed by atoms with Crippen LogP contribution >= 0.6 is 12.6 Å². The maximum atomic E-state index is 4.14. The summed E-state index contributed by atoms with van der Waals surface area (Å²) in [6, 6.07) is 0. The summed E-state index contributed by atoms with van der Waals surface area (Å²) < 4.78 is 0. The number of hydrogen-bond acceptors (Lipinski definition) is 1. The minimum Gasteiger partial charge on any atom is -0.178 e. The third kappa shape index (κ3) is 7.23. The molecule has 92 valence electrons. The molecule has 16 heavy (non-hydrogen) atoms. The Morgan fingerprint density at radius 3 is 2.38 bits per heavy atom. The van der Waals surface area contributed by atoms with Crippen molar-refractivity contribution in [1.82, 2.24) is 0 Å². The summed E-state index contributed by atoms with van der Waals surface area (Å²) in [5.41, 5.74) is 0. The molecule has 0 atom stereocenters. The number of thiol groups is 1. The van der Waals surface area contributed by atoms with Crippen LogP contribution in [0.15, 0.2) is 0 Å². The van der Waals surface area contributed by atoms with Crippen molar-refractivity contribution in [3.63, 3.8) is 0 Å². The third-order valence-corrected chi connectivity index (χ3v) is 3.72. The van der Waals surface area contributed by atoms with E-state index in [2.05, 4.69) is 24.5 Å². The highest BCUT2D eigenvalue weighted by molar-refractivity contribution is 7.80. The molecule has 0 bridgehead atoms. The Bertz CT molecular complexity index is 205. The van der Waals surface area contributed by atoms with Gasteiger partial charge in [0.1, 0.15) is 0 Å². The maximum Gasteiger partial charge on any atom is 0.0177 e. The van der Waals surface area contributed by atoms with Gasteiger partial charge in [0.15, 0.2) is 0 Å². The number of rotatable bonds is 6. The van der Waals surface area contributed by atoms with Crippen LogP contribution in [0, 0.1) is 17.8 Å². The fourth-order valence-electron chi connectivity index (χ4n) is 2.53. The van der Waals surface area contributed by atoms with E-state index in [-0.39, 0.29) is 0 Å². The fraction of sp³-hybridized carbons (Fsp3) is 0.867. The molecule has 1 aliphatic rings. The molecule has 0 aromatic carbocycles. The standard InChI is InChI=1S/C15H26S/c16-14-10-5-3-1-2-4-7-11-15-12-8-6-9-13-15/h15-16H,1-2,4,6-14H2. The average molecular weight is 238 g/mol. The molecule has 0 aromatic heterocycles. The van der Waals surface area contributed by atoms with Crippen molar-refractivity contribution in [2.75, 3.05) is 5.75 Å². The largest absolute Gasteiger partial charge is 0.178 e. The van der Waals surface area contributed by atoms with Crippen molar-refractivity contribution in [3.05, 3.63) is 0 Å². The molecule has 1 saturated carbocycles. The second-order valence-electron chi connectivity index (χ2n) is 4.93. The summed E-state index contributed by atoms with van der Waals surface area (Å²) >= 11 is 4.14. The van der Waals surface area contributed by atoms with Gasteiger partial charge in [0, 0.05) is 18.6 Å². The first-order valence-electron chi connectivity index (χ1n) is 7.00. The van der Waals surface area contributed by atoms with Gasteiger partial charge in [-0.3, -0.25) is 0 Å². The van der Waals surface area contributed by atoms with E-state index < -0.39 is 0 Å². The summed E-state index contributed by atoms with van der Waals surface area (Å²) in [6.45, 7) is 0. The summed E-state index contributed by atoms with van der Waals surface area (Å²) in [7, 11) is 0. The normalized spacial score (nSPS) is 16.8. The van der Waals surface area contributed by atoms with Crippen molar-refractivity contribution in [2.45, 2.75) is 70.6 Å². The quantitative estimate of drug-likeness (QED) is 0.382. The first kappa shape index (κ1) is 14.0. The van der Waals surface area contributed by atoms with Gasteiger partial charge in [0.25, 0.3) is 0 Å². The molecule has 1 heteroatoms. The van der Waals surface area contributed by atoms with Crippen molar-refractivity contribution in [3.8, 4) is 11.8 Å². The zero-order chi connectivity index (χ0) is 11.5. The third-order valence-electron chi connectivity index (χ3n) is 3.50. The van der Waals surface area contributed by atoms with E-state index >= 15 is 0 Å². The molecule has 0 radical (unpaired) electrons. The zero-order valence-electron chi connectivity index (χ0n) is 10.5. The highest BCUT2D eigenvalue weighted by Gasteiger charge is 2.12. The highest BCUT2D eigenvalue weighted by Crippen LogP contribution is 2.27. The van der Waals surface area contributed by atoms with Crippen molar-refractivity contribution in [1.29, 1.82) is 0 Å². The first-order chi connectivity index (χ1) is 7.93. The molecular weight excluding hydrogens is 212 g/mol. The average Bonchev–Trinajstić information content (AvgIpc) is 2.34. The van der Waals surface area contributed by atoms with E-state index in [1.807, 2.05) is 0 Å². The molecule has 1 fully saturated rings. The summed E-state index contributed by atoms with van der Waals surface area (Å²) in [5.74, 6) is 8.33. The van der Waals surface area contributed by atoms with E-state index in [4.69, 9.17) is 0 Å². The Morgan fingerprint density at radius 1 is 0.875 bits per heavy atom. The lowest BCUT2D eigenvalue weighted by Gasteiger charge is -2.21. The fourth-order valence-corrected chi connectivity index (χ4v) is 2.64. The van der Waals surface area contributed by atoms with Gasteiger partial charge in [-0.2, -0.15) is 12.6 Å². The molecule has 0 aromatic rings. The first-order valence-corrected chi connectivity index (χ1v) is 7.63. The Labute approximate surface area is 107 Å².